The van der Waals surface area contributed by atoms with E-state index in [0.29, 0.717) is 5.69 Å². The third-order valence-corrected chi connectivity index (χ3v) is 3.32. The van der Waals surface area contributed by atoms with Gasteiger partial charge in [0.25, 0.3) is 0 Å². The van der Waals surface area contributed by atoms with Crippen LogP contribution in [0.1, 0.15) is 37.4 Å². The minimum atomic E-state index is -0.833. The maximum absolute atomic E-state index is 13.2. The summed E-state index contributed by atoms with van der Waals surface area (Å²) in [6.07, 6.45) is 2.20. The summed E-state index contributed by atoms with van der Waals surface area (Å²) >= 11 is 0. The Labute approximate surface area is 118 Å². The van der Waals surface area contributed by atoms with Crippen LogP contribution in [0.25, 0.3) is 0 Å². The predicted molar refractivity (Wildman–Crippen MR) is 78.8 cm³/mol. The molecular formula is C17H19F2N. The fourth-order valence-corrected chi connectivity index (χ4v) is 2.18. The van der Waals surface area contributed by atoms with Gasteiger partial charge in [0, 0.05) is 17.8 Å². The lowest BCUT2D eigenvalue weighted by Crippen LogP contribution is -2.07. The van der Waals surface area contributed by atoms with Gasteiger partial charge in [0.05, 0.1) is 0 Å². The molecule has 3 heteroatoms. The van der Waals surface area contributed by atoms with Crippen molar-refractivity contribution in [3.8, 4) is 0 Å². The van der Waals surface area contributed by atoms with Crippen molar-refractivity contribution in [3.63, 3.8) is 0 Å². The Bertz CT molecular complexity index is 564. The molecule has 2 aromatic rings. The molecule has 1 N–H and O–H groups in total. The van der Waals surface area contributed by atoms with Gasteiger partial charge in [0.15, 0.2) is 11.6 Å². The summed E-state index contributed by atoms with van der Waals surface area (Å²) in [5, 5.41) is 3.17. The zero-order valence-corrected chi connectivity index (χ0v) is 11.8. The van der Waals surface area contributed by atoms with Gasteiger partial charge in [-0.25, -0.2) is 8.78 Å². The lowest BCUT2D eigenvalue weighted by Gasteiger charge is -2.16. The molecule has 106 valence electrons. The minimum Gasteiger partial charge on any atom is -0.378 e. The summed E-state index contributed by atoms with van der Waals surface area (Å²) < 4.78 is 26.0. The first kappa shape index (κ1) is 14.5. The van der Waals surface area contributed by atoms with Crippen LogP contribution in [0.15, 0.2) is 42.5 Å². The van der Waals surface area contributed by atoms with Crippen LogP contribution < -0.4 is 5.32 Å². The number of rotatable bonds is 5. The SMILES string of the molecule is CCCc1ccc(C(C)Nc2ccc(F)c(F)c2)cc1. The fourth-order valence-electron chi connectivity index (χ4n) is 2.18. The normalized spacial score (nSPS) is 12.2. The highest BCUT2D eigenvalue weighted by molar-refractivity contribution is 5.46. The van der Waals surface area contributed by atoms with E-state index in [1.807, 2.05) is 6.92 Å². The van der Waals surface area contributed by atoms with E-state index in [0.717, 1.165) is 24.5 Å². The average molecular weight is 275 g/mol. The average Bonchev–Trinajstić information content (AvgIpc) is 2.44. The van der Waals surface area contributed by atoms with Crippen molar-refractivity contribution >= 4 is 5.69 Å². The maximum Gasteiger partial charge on any atom is 0.160 e. The van der Waals surface area contributed by atoms with Gasteiger partial charge in [-0.15, -0.1) is 0 Å². The van der Waals surface area contributed by atoms with Gasteiger partial charge in [0.2, 0.25) is 0 Å². The Kier molecular flexibility index (Phi) is 4.72. The van der Waals surface area contributed by atoms with Gasteiger partial charge in [0.1, 0.15) is 0 Å². The first-order valence-electron chi connectivity index (χ1n) is 6.90. The number of halogens is 2. The molecule has 1 atom stereocenters. The molecule has 0 saturated heterocycles. The Hall–Kier alpha value is -1.90. The fraction of sp³-hybridized carbons (Fsp3) is 0.294. The van der Waals surface area contributed by atoms with Gasteiger partial charge in [-0.05, 0) is 36.6 Å². The molecule has 0 fully saturated rings. The molecule has 0 spiro atoms. The number of nitrogens with one attached hydrogen (secondary N) is 1. The standard InChI is InChI=1S/C17H19F2N/c1-3-4-13-5-7-14(8-6-13)12(2)20-15-9-10-16(18)17(19)11-15/h5-12,20H,3-4H2,1-2H3. The van der Waals surface area contributed by atoms with E-state index in [-0.39, 0.29) is 6.04 Å². The van der Waals surface area contributed by atoms with E-state index in [1.165, 1.54) is 11.6 Å². The number of anilines is 1. The van der Waals surface area contributed by atoms with Gasteiger partial charge >= 0.3 is 0 Å². The highest BCUT2D eigenvalue weighted by atomic mass is 19.2. The van der Waals surface area contributed by atoms with Gasteiger partial charge < -0.3 is 5.32 Å². The van der Waals surface area contributed by atoms with E-state index >= 15 is 0 Å². The zero-order valence-electron chi connectivity index (χ0n) is 11.8. The topological polar surface area (TPSA) is 12.0 Å². The number of hydrogen-bond acceptors (Lipinski definition) is 1. The summed E-state index contributed by atoms with van der Waals surface area (Å²) in [6, 6.07) is 12.3. The largest absolute Gasteiger partial charge is 0.378 e. The van der Waals surface area contributed by atoms with Gasteiger partial charge in [-0.3, -0.25) is 0 Å². The summed E-state index contributed by atoms with van der Waals surface area (Å²) in [4.78, 5) is 0. The van der Waals surface area contributed by atoms with Crippen molar-refractivity contribution in [1.29, 1.82) is 0 Å². The minimum absolute atomic E-state index is 0.0375. The molecule has 1 nitrogen and oxygen atoms in total. The smallest absolute Gasteiger partial charge is 0.160 e. The number of aryl methyl sites for hydroxylation is 1. The second kappa shape index (κ2) is 6.51. The maximum atomic E-state index is 13.2. The molecule has 20 heavy (non-hydrogen) atoms. The Balaban J connectivity index is 2.06. The quantitative estimate of drug-likeness (QED) is 0.801. The number of benzene rings is 2. The molecular weight excluding hydrogens is 256 g/mol. The van der Waals surface area contributed by atoms with Crippen LogP contribution in [-0.2, 0) is 6.42 Å². The molecule has 0 heterocycles. The van der Waals surface area contributed by atoms with Crippen molar-refractivity contribution in [2.24, 2.45) is 0 Å². The third-order valence-electron chi connectivity index (χ3n) is 3.32. The predicted octanol–water partition coefficient (Wildman–Crippen LogP) is 5.09. The molecule has 0 aliphatic heterocycles. The summed E-state index contributed by atoms with van der Waals surface area (Å²) in [7, 11) is 0. The van der Waals surface area contributed by atoms with Crippen LogP contribution in [0.3, 0.4) is 0 Å². The van der Waals surface area contributed by atoms with E-state index in [1.54, 1.807) is 6.07 Å². The molecule has 0 aliphatic rings. The van der Waals surface area contributed by atoms with E-state index in [2.05, 4.69) is 36.5 Å². The molecule has 0 saturated carbocycles. The highest BCUT2D eigenvalue weighted by Crippen LogP contribution is 2.21. The van der Waals surface area contributed by atoms with E-state index < -0.39 is 11.6 Å². The first-order chi connectivity index (χ1) is 9.60. The van der Waals surface area contributed by atoms with Crippen molar-refractivity contribution in [2.75, 3.05) is 5.32 Å². The monoisotopic (exact) mass is 275 g/mol. The van der Waals surface area contributed by atoms with Gasteiger partial charge in [-0.1, -0.05) is 37.6 Å². The van der Waals surface area contributed by atoms with Crippen LogP contribution in [-0.4, -0.2) is 0 Å². The van der Waals surface area contributed by atoms with Gasteiger partial charge in [-0.2, -0.15) is 0 Å². The Morgan fingerprint density at radius 2 is 1.70 bits per heavy atom. The summed E-state index contributed by atoms with van der Waals surface area (Å²) in [5.74, 6) is -1.66. The molecule has 2 rings (SSSR count). The zero-order chi connectivity index (χ0) is 14.5. The molecule has 0 bridgehead atoms. The van der Waals surface area contributed by atoms with Crippen LogP contribution in [0, 0.1) is 11.6 Å². The third kappa shape index (κ3) is 3.56. The van der Waals surface area contributed by atoms with E-state index in [4.69, 9.17) is 0 Å². The van der Waals surface area contributed by atoms with Crippen molar-refractivity contribution < 1.29 is 8.78 Å². The highest BCUT2D eigenvalue weighted by Gasteiger charge is 2.07. The summed E-state index contributed by atoms with van der Waals surface area (Å²) in [5.41, 5.74) is 3.01. The van der Waals surface area contributed by atoms with E-state index in [9.17, 15) is 8.78 Å². The lowest BCUT2D eigenvalue weighted by atomic mass is 10.0. The second-order valence-electron chi connectivity index (χ2n) is 4.99. The Morgan fingerprint density at radius 3 is 2.30 bits per heavy atom. The van der Waals surface area contributed by atoms with Crippen LogP contribution in [0.2, 0.25) is 0 Å². The molecule has 2 aromatic carbocycles. The second-order valence-corrected chi connectivity index (χ2v) is 4.99. The number of hydrogen-bond donors (Lipinski definition) is 1. The van der Waals surface area contributed by atoms with Crippen LogP contribution in [0.4, 0.5) is 14.5 Å². The molecule has 0 amide bonds. The molecule has 0 radical (unpaired) electrons. The lowest BCUT2D eigenvalue weighted by molar-refractivity contribution is 0.509. The van der Waals surface area contributed by atoms with Crippen molar-refractivity contribution in [2.45, 2.75) is 32.7 Å². The Morgan fingerprint density at radius 1 is 1.00 bits per heavy atom. The van der Waals surface area contributed by atoms with Crippen molar-refractivity contribution in [1.82, 2.24) is 0 Å². The van der Waals surface area contributed by atoms with Crippen LogP contribution >= 0.6 is 0 Å². The molecule has 1 unspecified atom stereocenters. The first-order valence-corrected chi connectivity index (χ1v) is 6.90. The molecule has 0 aliphatic carbocycles. The van der Waals surface area contributed by atoms with Crippen LogP contribution in [0.5, 0.6) is 0 Å². The molecule has 0 aromatic heterocycles. The summed E-state index contributed by atoms with van der Waals surface area (Å²) in [6.45, 7) is 4.15. The van der Waals surface area contributed by atoms with Crippen molar-refractivity contribution in [3.05, 3.63) is 65.2 Å².